The second-order valence-electron chi connectivity index (χ2n) is 8.10. The number of hydrogen-bond donors (Lipinski definition) is 2. The molecule has 0 radical (unpaired) electrons. The molecule has 1 saturated heterocycles. The highest BCUT2D eigenvalue weighted by Gasteiger charge is 2.25. The molecule has 0 bridgehead atoms. The Kier molecular flexibility index (Phi) is 7.20. The summed E-state index contributed by atoms with van der Waals surface area (Å²) < 4.78 is 6.96. The van der Waals surface area contributed by atoms with Crippen molar-refractivity contribution in [3.63, 3.8) is 0 Å². The molecule has 1 amide bonds. The number of carbonyl (C=O) groups is 1. The summed E-state index contributed by atoms with van der Waals surface area (Å²) in [7, 11) is 0. The maximum atomic E-state index is 12.5. The lowest BCUT2D eigenvalue weighted by molar-refractivity contribution is -0.121. The lowest BCUT2D eigenvalue weighted by Crippen LogP contribution is -2.39. The topological polar surface area (TPSA) is 78.6 Å². The number of likely N-dealkylation sites (tertiary alicyclic amines) is 1. The highest BCUT2D eigenvalue weighted by molar-refractivity contribution is 8.00. The van der Waals surface area contributed by atoms with Gasteiger partial charge in [0.05, 0.1) is 27.8 Å². The van der Waals surface area contributed by atoms with Crippen LogP contribution in [0.3, 0.4) is 0 Å². The molecule has 2 aromatic heterocycles. The molecule has 2 aromatic rings. The molecule has 1 aliphatic heterocycles. The zero-order valence-electron chi connectivity index (χ0n) is 16.7. The maximum absolute atomic E-state index is 12.5. The van der Waals surface area contributed by atoms with Gasteiger partial charge in [-0.2, -0.15) is 0 Å². The number of anilines is 1. The number of thiophene rings is 1. The second kappa shape index (κ2) is 9.43. The number of amides is 1. The van der Waals surface area contributed by atoms with Crippen LogP contribution in [0.4, 0.5) is 5.00 Å². The van der Waals surface area contributed by atoms with Crippen molar-refractivity contribution < 1.29 is 14.3 Å². The number of nitrogens with one attached hydrogen (secondary N) is 1. The van der Waals surface area contributed by atoms with Gasteiger partial charge in [0, 0.05) is 17.9 Å². The summed E-state index contributed by atoms with van der Waals surface area (Å²) in [6.07, 6.45) is 3.50. The van der Waals surface area contributed by atoms with E-state index >= 15 is 0 Å². The van der Waals surface area contributed by atoms with Crippen LogP contribution in [0.2, 0.25) is 0 Å². The predicted molar refractivity (Wildman–Crippen MR) is 114 cm³/mol. The summed E-state index contributed by atoms with van der Waals surface area (Å²) in [5.74, 6) is 2.45. The number of β-amino-alcohol motifs (C(OH)–C–C–N with tert-alkyl or cyclic N) is 1. The molecule has 8 heteroatoms. The first-order chi connectivity index (χ1) is 13.3. The van der Waals surface area contributed by atoms with Gasteiger partial charge in [-0.25, -0.2) is 4.98 Å². The van der Waals surface area contributed by atoms with Gasteiger partial charge in [-0.15, -0.1) is 23.1 Å². The Morgan fingerprint density at radius 2 is 2.14 bits per heavy atom. The molecular formula is C20H29N3O3S2. The minimum Gasteiger partial charge on any atom is -0.444 e. The van der Waals surface area contributed by atoms with Crippen LogP contribution < -0.4 is 5.32 Å². The Balaban J connectivity index is 1.46. The number of hydrogen-bond acceptors (Lipinski definition) is 7. The van der Waals surface area contributed by atoms with Crippen molar-refractivity contribution in [1.82, 2.24) is 9.88 Å². The molecule has 2 N–H and O–H groups in total. The van der Waals surface area contributed by atoms with Gasteiger partial charge in [-0.3, -0.25) is 4.79 Å². The number of aliphatic hydroxyl groups is 1. The van der Waals surface area contributed by atoms with Gasteiger partial charge in [0.15, 0.2) is 0 Å². The maximum Gasteiger partial charge on any atom is 0.228 e. The number of piperidine rings is 1. The Labute approximate surface area is 174 Å². The number of carbonyl (C=O) groups excluding carboxylic acids is 1. The van der Waals surface area contributed by atoms with E-state index in [-0.39, 0.29) is 23.8 Å². The molecule has 0 saturated carbocycles. The first-order valence-electron chi connectivity index (χ1n) is 9.67. The van der Waals surface area contributed by atoms with E-state index < -0.39 is 0 Å². The molecule has 154 valence electrons. The van der Waals surface area contributed by atoms with Gasteiger partial charge in [0.25, 0.3) is 0 Å². The standard InChI is InChI=1S/C20H29N3O3S2/c1-20(2,3)15-12-21-16(26-15)13-27-18-5-4-17(28-18)22-19(25)14-6-8-23(9-7-14)10-11-24/h4-5,12,14,24H,6-11,13H2,1-3H3,(H,22,25). The molecule has 0 unspecified atom stereocenters. The number of nitrogens with zero attached hydrogens (tertiary/aromatic N) is 2. The lowest BCUT2D eigenvalue weighted by atomic mass is 9.94. The molecule has 1 fully saturated rings. The molecule has 0 aromatic carbocycles. The van der Waals surface area contributed by atoms with Gasteiger partial charge in [0.2, 0.25) is 11.8 Å². The van der Waals surface area contributed by atoms with E-state index in [1.165, 1.54) is 0 Å². The fraction of sp³-hybridized carbons (Fsp3) is 0.600. The van der Waals surface area contributed by atoms with E-state index in [1.807, 2.05) is 18.3 Å². The summed E-state index contributed by atoms with van der Waals surface area (Å²) in [4.78, 5) is 19.1. The van der Waals surface area contributed by atoms with Gasteiger partial charge in [-0.05, 0) is 38.1 Å². The lowest BCUT2D eigenvalue weighted by Gasteiger charge is -2.30. The number of aromatic nitrogens is 1. The third-order valence-corrected chi connectivity index (χ3v) is 7.04. The molecule has 0 spiro atoms. The zero-order chi connectivity index (χ0) is 20.1. The van der Waals surface area contributed by atoms with Gasteiger partial charge in [-0.1, -0.05) is 20.8 Å². The van der Waals surface area contributed by atoms with Crippen molar-refractivity contribution >= 4 is 34.0 Å². The van der Waals surface area contributed by atoms with Crippen molar-refractivity contribution in [2.24, 2.45) is 5.92 Å². The Bertz CT molecular complexity index is 774. The van der Waals surface area contributed by atoms with Crippen molar-refractivity contribution in [2.75, 3.05) is 31.6 Å². The van der Waals surface area contributed by atoms with Gasteiger partial charge >= 0.3 is 0 Å². The van der Waals surface area contributed by atoms with E-state index in [0.29, 0.717) is 12.3 Å². The van der Waals surface area contributed by atoms with Crippen LogP contribution >= 0.6 is 23.1 Å². The third-order valence-electron chi connectivity index (χ3n) is 4.83. The largest absolute Gasteiger partial charge is 0.444 e. The highest BCUT2D eigenvalue weighted by atomic mass is 32.2. The van der Waals surface area contributed by atoms with Crippen LogP contribution in [0.25, 0.3) is 0 Å². The van der Waals surface area contributed by atoms with E-state index in [0.717, 1.165) is 46.8 Å². The normalized spacial score (nSPS) is 16.4. The van der Waals surface area contributed by atoms with Crippen LogP contribution in [-0.2, 0) is 16.0 Å². The smallest absolute Gasteiger partial charge is 0.228 e. The average molecular weight is 424 g/mol. The average Bonchev–Trinajstić information content (AvgIpc) is 3.30. The fourth-order valence-corrected chi connectivity index (χ4v) is 4.99. The van der Waals surface area contributed by atoms with Gasteiger partial charge in [0.1, 0.15) is 5.76 Å². The minimum atomic E-state index is -0.0372. The molecule has 28 heavy (non-hydrogen) atoms. The van der Waals surface area contributed by atoms with Crippen molar-refractivity contribution in [1.29, 1.82) is 0 Å². The quantitative estimate of drug-likeness (QED) is 0.656. The monoisotopic (exact) mass is 423 g/mol. The number of oxazole rings is 1. The Morgan fingerprint density at radius 1 is 1.39 bits per heavy atom. The summed E-state index contributed by atoms with van der Waals surface area (Å²) in [5.41, 5.74) is -0.0372. The summed E-state index contributed by atoms with van der Waals surface area (Å²) >= 11 is 3.25. The molecule has 3 rings (SSSR count). The summed E-state index contributed by atoms with van der Waals surface area (Å²) in [6, 6.07) is 3.99. The van der Waals surface area contributed by atoms with E-state index in [1.54, 1.807) is 23.1 Å². The van der Waals surface area contributed by atoms with Crippen molar-refractivity contribution in [2.45, 2.75) is 49.0 Å². The summed E-state index contributed by atoms with van der Waals surface area (Å²) in [5, 5.41) is 13.0. The van der Waals surface area contributed by atoms with Crippen LogP contribution in [0.1, 0.15) is 45.3 Å². The van der Waals surface area contributed by atoms with Crippen LogP contribution in [-0.4, -0.2) is 47.1 Å². The number of thioether (sulfide) groups is 1. The molecule has 3 heterocycles. The van der Waals surface area contributed by atoms with Gasteiger partial charge < -0.3 is 19.7 Å². The second-order valence-corrected chi connectivity index (χ2v) is 10.5. The minimum absolute atomic E-state index is 0.0372. The van der Waals surface area contributed by atoms with Crippen molar-refractivity contribution in [3.8, 4) is 0 Å². The van der Waals surface area contributed by atoms with E-state index in [9.17, 15) is 4.79 Å². The Morgan fingerprint density at radius 3 is 2.79 bits per heavy atom. The third kappa shape index (κ3) is 5.83. The molecular weight excluding hydrogens is 394 g/mol. The summed E-state index contributed by atoms with van der Waals surface area (Å²) in [6.45, 7) is 8.94. The Hall–Kier alpha value is -1.35. The SMILES string of the molecule is CC(C)(C)c1cnc(CSc2ccc(NC(=O)C3CCN(CCO)CC3)s2)o1. The molecule has 6 nitrogen and oxygen atoms in total. The first-order valence-corrected chi connectivity index (χ1v) is 11.5. The highest BCUT2D eigenvalue weighted by Crippen LogP contribution is 2.34. The predicted octanol–water partition coefficient (Wildman–Crippen LogP) is 3.97. The van der Waals surface area contributed by atoms with E-state index in [2.05, 4.69) is 36.0 Å². The van der Waals surface area contributed by atoms with Crippen LogP contribution in [0, 0.1) is 5.92 Å². The van der Waals surface area contributed by atoms with E-state index in [4.69, 9.17) is 9.52 Å². The van der Waals surface area contributed by atoms with Crippen LogP contribution in [0.5, 0.6) is 0 Å². The molecule has 0 atom stereocenters. The molecule has 1 aliphatic rings. The van der Waals surface area contributed by atoms with Crippen molar-refractivity contribution in [3.05, 3.63) is 30.0 Å². The number of rotatable bonds is 7. The number of aliphatic hydroxyl groups excluding tert-OH is 1. The first kappa shape index (κ1) is 21.4. The fourth-order valence-electron chi connectivity index (χ4n) is 3.11. The molecule has 0 aliphatic carbocycles. The zero-order valence-corrected chi connectivity index (χ0v) is 18.4. The van der Waals surface area contributed by atoms with Crippen LogP contribution in [0.15, 0.2) is 27.0 Å².